The van der Waals surface area contributed by atoms with Gasteiger partial charge in [-0.2, -0.15) is 0 Å². The molecule has 1 aliphatic rings. The molecule has 0 aliphatic carbocycles. The van der Waals surface area contributed by atoms with Crippen LogP contribution in [-0.2, 0) is 9.59 Å². The first-order valence-electron chi connectivity index (χ1n) is 11.8. The SMILES string of the molecule is O=C1NC(=O)C(=Cc2ccc3cc(N(c4ccccc4)c4ccc5ccccc5c4)ccc3c2)C(=O)N1. The molecule has 37 heavy (non-hydrogen) atoms. The van der Waals surface area contributed by atoms with E-state index in [2.05, 4.69) is 70.1 Å². The Kier molecular flexibility index (Phi) is 5.47. The zero-order valence-electron chi connectivity index (χ0n) is 19.6. The normalized spacial score (nSPS) is 13.4. The van der Waals surface area contributed by atoms with Gasteiger partial charge in [0.1, 0.15) is 5.57 Å². The van der Waals surface area contributed by atoms with Crippen LogP contribution in [0.2, 0.25) is 0 Å². The molecule has 6 heteroatoms. The predicted molar refractivity (Wildman–Crippen MR) is 146 cm³/mol. The van der Waals surface area contributed by atoms with Gasteiger partial charge in [-0.25, -0.2) is 4.79 Å². The highest BCUT2D eigenvalue weighted by Gasteiger charge is 2.27. The molecule has 5 aromatic carbocycles. The Hall–Kier alpha value is -5.23. The summed E-state index contributed by atoms with van der Waals surface area (Å²) in [7, 11) is 0. The van der Waals surface area contributed by atoms with Gasteiger partial charge in [0.25, 0.3) is 11.8 Å². The van der Waals surface area contributed by atoms with Gasteiger partial charge in [-0.15, -0.1) is 0 Å². The van der Waals surface area contributed by atoms with Gasteiger partial charge in [0.05, 0.1) is 0 Å². The van der Waals surface area contributed by atoms with Gasteiger partial charge in [0, 0.05) is 17.1 Å². The molecular formula is C31H21N3O3. The largest absolute Gasteiger partial charge is 0.328 e. The first-order chi connectivity index (χ1) is 18.0. The van der Waals surface area contributed by atoms with E-state index >= 15 is 0 Å². The third kappa shape index (κ3) is 4.32. The van der Waals surface area contributed by atoms with Crippen molar-refractivity contribution in [3.63, 3.8) is 0 Å². The summed E-state index contributed by atoms with van der Waals surface area (Å²) in [5.74, 6) is -1.42. The predicted octanol–water partition coefficient (Wildman–Crippen LogP) is 6.21. The summed E-state index contributed by atoms with van der Waals surface area (Å²) in [6.45, 7) is 0. The molecule has 0 bridgehead atoms. The lowest BCUT2D eigenvalue weighted by atomic mass is 10.0. The number of rotatable bonds is 4. The van der Waals surface area contributed by atoms with Crippen LogP contribution in [-0.4, -0.2) is 17.8 Å². The van der Waals surface area contributed by atoms with Crippen molar-refractivity contribution in [3.8, 4) is 0 Å². The summed E-state index contributed by atoms with van der Waals surface area (Å²) in [5, 5.41) is 8.50. The van der Waals surface area contributed by atoms with Crippen molar-refractivity contribution in [1.29, 1.82) is 0 Å². The summed E-state index contributed by atoms with van der Waals surface area (Å²) >= 11 is 0. The fourth-order valence-corrected chi connectivity index (χ4v) is 4.59. The fraction of sp³-hybridized carbons (Fsp3) is 0. The molecule has 5 aromatic rings. The van der Waals surface area contributed by atoms with Gasteiger partial charge >= 0.3 is 6.03 Å². The third-order valence-electron chi connectivity index (χ3n) is 6.37. The van der Waals surface area contributed by atoms with Gasteiger partial charge in [0.15, 0.2) is 0 Å². The van der Waals surface area contributed by atoms with E-state index in [1.54, 1.807) is 0 Å². The maximum Gasteiger partial charge on any atom is 0.328 e. The lowest BCUT2D eigenvalue weighted by Crippen LogP contribution is -2.51. The summed E-state index contributed by atoms with van der Waals surface area (Å²) in [6.07, 6.45) is 1.48. The number of amides is 4. The summed E-state index contributed by atoms with van der Waals surface area (Å²) in [6, 6.07) is 36.1. The number of hydrogen-bond donors (Lipinski definition) is 2. The average molecular weight is 484 g/mol. The first-order valence-corrected chi connectivity index (χ1v) is 11.8. The lowest BCUT2D eigenvalue weighted by molar-refractivity contribution is -0.123. The van der Waals surface area contributed by atoms with Crippen molar-refractivity contribution in [1.82, 2.24) is 10.6 Å². The molecule has 0 aromatic heterocycles. The van der Waals surface area contributed by atoms with Crippen molar-refractivity contribution in [2.24, 2.45) is 0 Å². The molecule has 1 heterocycles. The molecule has 0 unspecified atom stereocenters. The standard InChI is InChI=1S/C31H21N3O3/c35-29-28(30(36)33-31(37)32-29)17-20-10-11-24-19-27(15-13-23(24)16-20)34(25-8-2-1-3-9-25)26-14-12-21-6-4-5-7-22(21)18-26/h1-19H,(H2,32,33,35,36,37). The number of para-hydroxylation sites is 1. The van der Waals surface area contributed by atoms with E-state index in [9.17, 15) is 14.4 Å². The van der Waals surface area contributed by atoms with Crippen molar-refractivity contribution < 1.29 is 14.4 Å². The van der Waals surface area contributed by atoms with Gasteiger partial charge < -0.3 is 4.90 Å². The molecule has 6 nitrogen and oxygen atoms in total. The minimum atomic E-state index is -0.812. The molecule has 0 atom stereocenters. The molecular weight excluding hydrogens is 462 g/mol. The monoisotopic (exact) mass is 483 g/mol. The maximum atomic E-state index is 12.1. The highest BCUT2D eigenvalue weighted by atomic mass is 16.2. The molecule has 0 radical (unpaired) electrons. The van der Waals surface area contributed by atoms with Crippen LogP contribution in [0, 0.1) is 0 Å². The van der Waals surface area contributed by atoms with Crippen LogP contribution < -0.4 is 15.5 Å². The molecule has 4 amide bonds. The smallest absolute Gasteiger partial charge is 0.310 e. The number of hydrogen-bond acceptors (Lipinski definition) is 4. The van der Waals surface area contributed by atoms with Crippen molar-refractivity contribution in [2.75, 3.05) is 4.90 Å². The molecule has 0 saturated carbocycles. The third-order valence-corrected chi connectivity index (χ3v) is 6.37. The molecule has 1 saturated heterocycles. The second-order valence-corrected chi connectivity index (χ2v) is 8.79. The minimum Gasteiger partial charge on any atom is -0.310 e. The molecule has 178 valence electrons. The molecule has 1 fully saturated rings. The molecule has 6 rings (SSSR count). The number of barbiturate groups is 1. The highest BCUT2D eigenvalue weighted by Crippen LogP contribution is 2.37. The number of fused-ring (bicyclic) bond motifs is 2. The Bertz CT molecular complexity index is 1720. The zero-order chi connectivity index (χ0) is 25.4. The fourth-order valence-electron chi connectivity index (χ4n) is 4.59. The number of anilines is 3. The average Bonchev–Trinajstić information content (AvgIpc) is 2.91. The molecule has 0 spiro atoms. The Morgan fingerprint density at radius 1 is 0.514 bits per heavy atom. The van der Waals surface area contributed by atoms with Crippen LogP contribution in [0.25, 0.3) is 27.6 Å². The first kappa shape index (κ1) is 22.2. The highest BCUT2D eigenvalue weighted by molar-refractivity contribution is 6.31. The Morgan fingerprint density at radius 2 is 1.05 bits per heavy atom. The van der Waals surface area contributed by atoms with Gasteiger partial charge in [-0.1, -0.05) is 66.7 Å². The summed E-state index contributed by atoms with van der Waals surface area (Å²) in [5.41, 5.74) is 3.67. The van der Waals surface area contributed by atoms with Crippen LogP contribution >= 0.6 is 0 Å². The number of carbonyl (C=O) groups excluding carboxylic acids is 3. The van der Waals surface area contributed by atoms with E-state index < -0.39 is 17.8 Å². The number of nitrogens with zero attached hydrogens (tertiary/aromatic N) is 1. The van der Waals surface area contributed by atoms with E-state index in [1.807, 2.05) is 54.6 Å². The minimum absolute atomic E-state index is 0.109. The Labute approximate surface area is 212 Å². The van der Waals surface area contributed by atoms with Gasteiger partial charge in [0.2, 0.25) is 0 Å². The second-order valence-electron chi connectivity index (χ2n) is 8.79. The summed E-state index contributed by atoms with van der Waals surface area (Å²) in [4.78, 5) is 37.7. The van der Waals surface area contributed by atoms with Crippen LogP contribution in [0.1, 0.15) is 5.56 Å². The van der Waals surface area contributed by atoms with E-state index in [0.717, 1.165) is 33.2 Å². The van der Waals surface area contributed by atoms with Crippen molar-refractivity contribution >= 4 is 62.5 Å². The van der Waals surface area contributed by atoms with Crippen LogP contribution in [0.4, 0.5) is 21.9 Å². The topological polar surface area (TPSA) is 78.5 Å². The number of benzene rings is 5. The van der Waals surface area contributed by atoms with Crippen molar-refractivity contribution in [3.05, 3.63) is 120 Å². The Balaban J connectivity index is 1.41. The van der Waals surface area contributed by atoms with Crippen LogP contribution in [0.5, 0.6) is 0 Å². The van der Waals surface area contributed by atoms with E-state index in [4.69, 9.17) is 0 Å². The Morgan fingerprint density at radius 3 is 1.76 bits per heavy atom. The second kappa shape index (κ2) is 9.09. The van der Waals surface area contributed by atoms with Crippen molar-refractivity contribution in [2.45, 2.75) is 0 Å². The quantitative estimate of drug-likeness (QED) is 0.235. The number of urea groups is 1. The van der Waals surface area contributed by atoms with E-state index in [0.29, 0.717) is 5.56 Å². The number of carbonyl (C=O) groups is 3. The van der Waals surface area contributed by atoms with Gasteiger partial charge in [-0.3, -0.25) is 20.2 Å². The zero-order valence-corrected chi connectivity index (χ0v) is 19.6. The van der Waals surface area contributed by atoms with Crippen LogP contribution in [0.15, 0.2) is 115 Å². The van der Waals surface area contributed by atoms with E-state index in [1.165, 1.54) is 11.5 Å². The van der Waals surface area contributed by atoms with Crippen LogP contribution in [0.3, 0.4) is 0 Å². The van der Waals surface area contributed by atoms with E-state index in [-0.39, 0.29) is 5.57 Å². The maximum absolute atomic E-state index is 12.1. The lowest BCUT2D eigenvalue weighted by Gasteiger charge is -2.26. The molecule has 2 N–H and O–H groups in total. The van der Waals surface area contributed by atoms with Gasteiger partial charge in [-0.05, 0) is 75.6 Å². The summed E-state index contributed by atoms with van der Waals surface area (Å²) < 4.78 is 0. The number of nitrogens with one attached hydrogen (secondary N) is 2. The molecule has 1 aliphatic heterocycles. The number of imide groups is 2.